The maximum atomic E-state index is 11.2. The highest BCUT2D eigenvalue weighted by atomic mass is 16.4. The van der Waals surface area contributed by atoms with Crippen LogP contribution in [0.5, 0.6) is 0 Å². The van der Waals surface area contributed by atoms with Gasteiger partial charge in [-0.2, -0.15) is 5.26 Å². The average molecular weight is 261 g/mol. The van der Waals surface area contributed by atoms with E-state index in [-0.39, 0.29) is 0 Å². The first-order valence-electron chi connectivity index (χ1n) is 6.27. The predicted octanol–water partition coefficient (Wildman–Crippen LogP) is 3.24. The second-order valence-electron chi connectivity index (χ2n) is 4.65. The first-order valence-corrected chi connectivity index (χ1v) is 6.27. The lowest BCUT2D eigenvalue weighted by Crippen LogP contribution is -2.02. The standard InChI is InChI=1S/C17H11NO2/c18-10-11-4-6-12(7-5-11)13-8-9-15-14(13)2-1-3-16(15)17(19)20/h1-8H,9H2,(H,19,20). The van der Waals surface area contributed by atoms with E-state index < -0.39 is 5.97 Å². The summed E-state index contributed by atoms with van der Waals surface area (Å²) in [6.45, 7) is 0. The van der Waals surface area contributed by atoms with Gasteiger partial charge in [-0.1, -0.05) is 30.3 Å². The summed E-state index contributed by atoms with van der Waals surface area (Å²) in [4.78, 5) is 11.2. The Bertz CT molecular complexity index is 765. The number of carboxylic acid groups (broad SMARTS) is 1. The molecule has 0 aromatic heterocycles. The van der Waals surface area contributed by atoms with Gasteiger partial charge in [0.2, 0.25) is 0 Å². The van der Waals surface area contributed by atoms with E-state index in [9.17, 15) is 9.90 Å². The van der Waals surface area contributed by atoms with Gasteiger partial charge in [-0.25, -0.2) is 4.79 Å². The van der Waals surface area contributed by atoms with Crippen molar-refractivity contribution >= 4 is 11.5 Å². The van der Waals surface area contributed by atoms with Crippen molar-refractivity contribution in [2.75, 3.05) is 0 Å². The summed E-state index contributed by atoms with van der Waals surface area (Å²) in [5.41, 5.74) is 4.85. The van der Waals surface area contributed by atoms with Crippen LogP contribution in [0.15, 0.2) is 48.5 Å². The third-order valence-electron chi connectivity index (χ3n) is 3.53. The van der Waals surface area contributed by atoms with Crippen molar-refractivity contribution in [3.63, 3.8) is 0 Å². The minimum absolute atomic E-state index is 0.363. The number of carboxylic acids is 1. The number of carbonyl (C=O) groups is 1. The van der Waals surface area contributed by atoms with Crippen LogP contribution in [-0.2, 0) is 6.42 Å². The molecule has 0 saturated carbocycles. The van der Waals surface area contributed by atoms with Gasteiger partial charge in [-0.05, 0) is 46.9 Å². The number of nitrogens with zero attached hydrogens (tertiary/aromatic N) is 1. The maximum Gasteiger partial charge on any atom is 0.335 e. The SMILES string of the molecule is N#Cc1ccc(C2=CCc3c(C(=O)O)cccc32)cc1. The van der Waals surface area contributed by atoms with E-state index in [2.05, 4.69) is 6.07 Å². The Morgan fingerprint density at radius 3 is 2.55 bits per heavy atom. The number of allylic oxidation sites excluding steroid dienone is 1. The minimum Gasteiger partial charge on any atom is -0.478 e. The second-order valence-corrected chi connectivity index (χ2v) is 4.65. The Labute approximate surface area is 116 Å². The van der Waals surface area contributed by atoms with Crippen LogP contribution in [0.1, 0.15) is 32.6 Å². The zero-order chi connectivity index (χ0) is 14.1. The lowest BCUT2D eigenvalue weighted by molar-refractivity contribution is 0.0696. The summed E-state index contributed by atoms with van der Waals surface area (Å²) in [6, 6.07) is 14.8. The van der Waals surface area contributed by atoms with Crippen LogP contribution < -0.4 is 0 Å². The summed E-state index contributed by atoms with van der Waals surface area (Å²) in [5, 5.41) is 18.0. The van der Waals surface area contributed by atoms with Gasteiger partial charge in [0.15, 0.2) is 0 Å². The molecule has 0 bridgehead atoms. The molecule has 3 nitrogen and oxygen atoms in total. The normalized spacial score (nSPS) is 12.4. The molecule has 0 radical (unpaired) electrons. The largest absolute Gasteiger partial charge is 0.478 e. The molecule has 96 valence electrons. The average Bonchev–Trinajstić information content (AvgIpc) is 2.91. The molecule has 2 aromatic carbocycles. The number of nitriles is 1. The number of benzene rings is 2. The van der Waals surface area contributed by atoms with Crippen molar-refractivity contribution in [1.29, 1.82) is 5.26 Å². The van der Waals surface area contributed by atoms with E-state index in [1.165, 1.54) is 0 Å². The molecule has 3 rings (SSSR count). The summed E-state index contributed by atoms with van der Waals surface area (Å²) in [7, 11) is 0. The maximum absolute atomic E-state index is 11.2. The molecule has 0 heterocycles. The highest BCUT2D eigenvalue weighted by Gasteiger charge is 2.20. The highest BCUT2D eigenvalue weighted by molar-refractivity contribution is 5.95. The predicted molar refractivity (Wildman–Crippen MR) is 75.3 cm³/mol. The first kappa shape index (κ1) is 12.2. The van der Waals surface area contributed by atoms with E-state index in [4.69, 9.17) is 5.26 Å². The molecule has 0 aliphatic heterocycles. The fourth-order valence-corrected chi connectivity index (χ4v) is 2.57. The first-order chi connectivity index (χ1) is 9.70. The Morgan fingerprint density at radius 1 is 1.15 bits per heavy atom. The molecular formula is C17H11NO2. The number of fused-ring (bicyclic) bond motifs is 1. The Kier molecular flexibility index (Phi) is 2.85. The molecular weight excluding hydrogens is 250 g/mol. The summed E-state index contributed by atoms with van der Waals surface area (Å²) in [5.74, 6) is -0.892. The lowest BCUT2D eigenvalue weighted by Gasteiger charge is -2.08. The van der Waals surface area contributed by atoms with Gasteiger partial charge in [0.1, 0.15) is 0 Å². The van der Waals surface area contributed by atoms with E-state index >= 15 is 0 Å². The van der Waals surface area contributed by atoms with Gasteiger partial charge < -0.3 is 5.11 Å². The van der Waals surface area contributed by atoms with Gasteiger partial charge in [0.05, 0.1) is 17.2 Å². The van der Waals surface area contributed by atoms with Crippen LogP contribution in [-0.4, -0.2) is 11.1 Å². The van der Waals surface area contributed by atoms with Crippen molar-refractivity contribution in [2.45, 2.75) is 6.42 Å². The molecule has 20 heavy (non-hydrogen) atoms. The van der Waals surface area contributed by atoms with Crippen molar-refractivity contribution in [2.24, 2.45) is 0 Å². The fourth-order valence-electron chi connectivity index (χ4n) is 2.57. The molecule has 1 aliphatic carbocycles. The summed E-state index contributed by atoms with van der Waals surface area (Å²) in [6.07, 6.45) is 2.67. The van der Waals surface area contributed by atoms with E-state index in [0.717, 1.165) is 22.3 Å². The quantitative estimate of drug-likeness (QED) is 0.902. The van der Waals surface area contributed by atoms with Gasteiger partial charge in [-0.3, -0.25) is 0 Å². The van der Waals surface area contributed by atoms with Gasteiger partial charge in [-0.15, -0.1) is 0 Å². The van der Waals surface area contributed by atoms with Crippen molar-refractivity contribution in [1.82, 2.24) is 0 Å². The molecule has 0 fully saturated rings. The van der Waals surface area contributed by atoms with E-state index in [0.29, 0.717) is 17.5 Å². The molecule has 0 saturated heterocycles. The smallest absolute Gasteiger partial charge is 0.335 e. The highest BCUT2D eigenvalue weighted by Crippen LogP contribution is 2.34. The number of hydrogen-bond acceptors (Lipinski definition) is 2. The molecule has 1 aliphatic rings. The van der Waals surface area contributed by atoms with Crippen LogP contribution in [0.25, 0.3) is 5.57 Å². The Hall–Kier alpha value is -2.86. The zero-order valence-corrected chi connectivity index (χ0v) is 10.6. The third-order valence-corrected chi connectivity index (χ3v) is 3.53. The summed E-state index contributed by atoms with van der Waals surface area (Å²) < 4.78 is 0. The molecule has 1 N–H and O–H groups in total. The van der Waals surface area contributed by atoms with Crippen LogP contribution in [0.4, 0.5) is 0 Å². The zero-order valence-electron chi connectivity index (χ0n) is 10.6. The van der Waals surface area contributed by atoms with Crippen LogP contribution in [0.2, 0.25) is 0 Å². The topological polar surface area (TPSA) is 61.1 Å². The Morgan fingerprint density at radius 2 is 1.90 bits per heavy atom. The molecule has 0 spiro atoms. The molecule has 0 unspecified atom stereocenters. The monoisotopic (exact) mass is 261 g/mol. The summed E-state index contributed by atoms with van der Waals surface area (Å²) >= 11 is 0. The fraction of sp³-hybridized carbons (Fsp3) is 0.0588. The van der Waals surface area contributed by atoms with Crippen molar-refractivity contribution in [3.8, 4) is 6.07 Å². The number of rotatable bonds is 2. The Balaban J connectivity index is 2.06. The van der Waals surface area contributed by atoms with Crippen molar-refractivity contribution < 1.29 is 9.90 Å². The molecule has 0 atom stereocenters. The van der Waals surface area contributed by atoms with Gasteiger partial charge in [0, 0.05) is 0 Å². The minimum atomic E-state index is -0.892. The van der Waals surface area contributed by atoms with E-state index in [1.807, 2.05) is 24.3 Å². The van der Waals surface area contributed by atoms with Crippen LogP contribution >= 0.6 is 0 Å². The molecule has 0 amide bonds. The third kappa shape index (κ3) is 1.88. The van der Waals surface area contributed by atoms with Gasteiger partial charge >= 0.3 is 5.97 Å². The van der Waals surface area contributed by atoms with Crippen LogP contribution in [0.3, 0.4) is 0 Å². The number of hydrogen-bond donors (Lipinski definition) is 1. The van der Waals surface area contributed by atoms with Gasteiger partial charge in [0.25, 0.3) is 0 Å². The van der Waals surface area contributed by atoms with Crippen molar-refractivity contribution in [3.05, 3.63) is 76.4 Å². The van der Waals surface area contributed by atoms with E-state index in [1.54, 1.807) is 24.3 Å². The lowest BCUT2D eigenvalue weighted by atomic mass is 9.96. The molecule has 2 aromatic rings. The van der Waals surface area contributed by atoms with Crippen LogP contribution in [0, 0.1) is 11.3 Å². The molecule has 3 heteroatoms. The number of aromatic carboxylic acids is 1. The second kappa shape index (κ2) is 4.67.